The van der Waals surface area contributed by atoms with Gasteiger partial charge in [-0.3, -0.25) is 24.1 Å². The Morgan fingerprint density at radius 3 is 2.62 bits per heavy atom. The third-order valence-corrected chi connectivity index (χ3v) is 5.17. The number of rotatable bonds is 8. The van der Waals surface area contributed by atoms with E-state index in [1.807, 2.05) is 5.32 Å². The van der Waals surface area contributed by atoms with Crippen LogP contribution >= 0.6 is 0 Å². The maximum absolute atomic E-state index is 14.9. The molecule has 2 aliphatic rings. The molecule has 186 valence electrons. The lowest BCUT2D eigenvalue weighted by Crippen LogP contribution is -2.37. The van der Waals surface area contributed by atoms with Gasteiger partial charge >= 0.3 is 18.5 Å². The molecule has 0 radical (unpaired) electrons. The van der Waals surface area contributed by atoms with Crippen LogP contribution in [0.2, 0.25) is 0 Å². The Hall–Kier alpha value is -3.55. The van der Waals surface area contributed by atoms with Gasteiger partial charge in [0.1, 0.15) is 11.9 Å². The highest BCUT2D eigenvalue weighted by atomic mass is 19.3. The van der Waals surface area contributed by atoms with Gasteiger partial charge in [0.15, 0.2) is 0 Å². The van der Waals surface area contributed by atoms with Crippen molar-refractivity contribution in [3.05, 3.63) is 24.0 Å². The molecule has 0 aliphatic carbocycles. The number of hydrogen-bond donors (Lipinski definition) is 2. The number of cyclic esters (lactones) is 1. The number of anilines is 2. The van der Waals surface area contributed by atoms with E-state index in [4.69, 9.17) is 14.7 Å². The van der Waals surface area contributed by atoms with Crippen LogP contribution in [0.25, 0.3) is 0 Å². The van der Waals surface area contributed by atoms with E-state index in [0.717, 1.165) is 16.0 Å². The number of nitrogens with one attached hydrogen (secondary N) is 1. The molecule has 2 N–H and O–H groups in total. The number of benzene rings is 1. The van der Waals surface area contributed by atoms with E-state index >= 15 is 0 Å². The van der Waals surface area contributed by atoms with Crippen molar-refractivity contribution < 1.29 is 47.0 Å². The molecule has 0 saturated carbocycles. The zero-order valence-corrected chi connectivity index (χ0v) is 17.9. The van der Waals surface area contributed by atoms with Gasteiger partial charge in [-0.25, -0.2) is 14.2 Å². The van der Waals surface area contributed by atoms with Crippen LogP contribution in [0.3, 0.4) is 0 Å². The van der Waals surface area contributed by atoms with Crippen molar-refractivity contribution in [3.63, 3.8) is 0 Å². The highest BCUT2D eigenvalue weighted by Crippen LogP contribution is 2.28. The number of carboxylic acid groups (broad SMARTS) is 1. The van der Waals surface area contributed by atoms with Crippen LogP contribution in [0, 0.1) is 5.82 Å². The fourth-order valence-electron chi connectivity index (χ4n) is 3.48. The maximum Gasteiger partial charge on any atom is 0.414 e. The average molecular weight is 488 g/mol. The van der Waals surface area contributed by atoms with Gasteiger partial charge < -0.3 is 20.1 Å². The summed E-state index contributed by atoms with van der Waals surface area (Å²) in [6.07, 6.45) is -5.39. The average Bonchev–Trinajstić information content (AvgIpc) is 3.00. The fraction of sp³-hybridized carbons (Fsp3) is 0.500. The van der Waals surface area contributed by atoms with E-state index in [2.05, 4.69) is 0 Å². The molecule has 2 saturated heterocycles. The van der Waals surface area contributed by atoms with Crippen molar-refractivity contribution in [1.82, 2.24) is 10.4 Å². The molecule has 1 aromatic rings. The number of hydroxylamine groups is 2. The number of carbonyl (C=O) groups excluding carboxylic acids is 3. The predicted molar refractivity (Wildman–Crippen MR) is 110 cm³/mol. The molecular formula is C20H23F3N4O7. The zero-order valence-electron chi connectivity index (χ0n) is 17.9. The number of nitrogens with zero attached hydrogens (tertiary/aromatic N) is 3. The Bertz CT molecular complexity index is 949. The lowest BCUT2D eigenvalue weighted by Gasteiger charge is -2.24. The third-order valence-electron chi connectivity index (χ3n) is 5.17. The highest BCUT2D eigenvalue weighted by molar-refractivity contribution is 5.90. The molecule has 3 rings (SSSR count). The molecule has 3 amide bonds. The molecule has 0 unspecified atom stereocenters. The van der Waals surface area contributed by atoms with Crippen molar-refractivity contribution in [3.8, 4) is 0 Å². The van der Waals surface area contributed by atoms with Gasteiger partial charge in [0, 0.05) is 19.5 Å². The van der Waals surface area contributed by atoms with Crippen molar-refractivity contribution in [2.45, 2.75) is 25.4 Å². The minimum Gasteiger partial charge on any atom is -0.481 e. The summed E-state index contributed by atoms with van der Waals surface area (Å²) in [7, 11) is 0. The number of carboxylic acids is 1. The number of hydrogen-bond acceptors (Lipinski definition) is 7. The number of carbonyl (C=O) groups is 4. The third kappa shape index (κ3) is 6.27. The van der Waals surface area contributed by atoms with Gasteiger partial charge in [-0.15, -0.1) is 0 Å². The lowest BCUT2D eigenvalue weighted by molar-refractivity contribution is -0.182. The van der Waals surface area contributed by atoms with Gasteiger partial charge in [0.2, 0.25) is 5.91 Å². The smallest absolute Gasteiger partial charge is 0.414 e. The van der Waals surface area contributed by atoms with Crippen molar-refractivity contribution in [2.24, 2.45) is 0 Å². The summed E-state index contributed by atoms with van der Waals surface area (Å²) in [5.74, 6) is -3.70. The molecule has 14 heteroatoms. The Morgan fingerprint density at radius 1 is 1.18 bits per heavy atom. The number of halogens is 3. The SMILES string of the molecule is O=C(O)CCC(=O)N1CCN(c2ccc(N3C[C@H](CNC(=O)C(F)F)OC3=O)cc2F)CCO1. The Labute approximate surface area is 191 Å². The van der Waals surface area contributed by atoms with Crippen LogP contribution in [-0.2, 0) is 24.0 Å². The number of aliphatic carboxylic acids is 1. The molecule has 0 bridgehead atoms. The second-order valence-corrected chi connectivity index (χ2v) is 7.51. The molecule has 1 atom stereocenters. The van der Waals surface area contributed by atoms with Crippen molar-refractivity contribution in [2.75, 3.05) is 49.1 Å². The Morgan fingerprint density at radius 2 is 1.94 bits per heavy atom. The molecule has 0 aromatic heterocycles. The van der Waals surface area contributed by atoms with Gasteiger partial charge in [-0.2, -0.15) is 8.78 Å². The predicted octanol–water partition coefficient (Wildman–Crippen LogP) is 0.977. The molecular weight excluding hydrogens is 465 g/mol. The van der Waals surface area contributed by atoms with Gasteiger partial charge in [0.05, 0.1) is 44.0 Å². The molecule has 1 aromatic carbocycles. The summed E-state index contributed by atoms with van der Waals surface area (Å²) in [5.41, 5.74) is 0.394. The molecule has 2 fully saturated rings. The Kier molecular flexibility index (Phi) is 8.15. The monoisotopic (exact) mass is 488 g/mol. The van der Waals surface area contributed by atoms with E-state index < -0.39 is 42.2 Å². The van der Waals surface area contributed by atoms with Gasteiger partial charge in [0.25, 0.3) is 5.91 Å². The van der Waals surface area contributed by atoms with Crippen LogP contribution in [0.5, 0.6) is 0 Å². The van der Waals surface area contributed by atoms with Crippen molar-refractivity contribution >= 4 is 35.3 Å². The maximum atomic E-state index is 14.9. The van der Waals surface area contributed by atoms with E-state index in [9.17, 15) is 32.3 Å². The summed E-state index contributed by atoms with van der Waals surface area (Å²) >= 11 is 0. The van der Waals surface area contributed by atoms with E-state index in [1.54, 1.807) is 4.90 Å². The van der Waals surface area contributed by atoms with Crippen LogP contribution in [0.4, 0.5) is 29.3 Å². The van der Waals surface area contributed by atoms with Crippen LogP contribution in [0.15, 0.2) is 18.2 Å². The second kappa shape index (κ2) is 11.0. The van der Waals surface area contributed by atoms with Crippen molar-refractivity contribution in [1.29, 1.82) is 0 Å². The topological polar surface area (TPSA) is 129 Å². The first-order valence-electron chi connectivity index (χ1n) is 10.4. The van der Waals surface area contributed by atoms with Crippen LogP contribution in [-0.4, -0.2) is 85.9 Å². The first kappa shape index (κ1) is 25.1. The molecule has 11 nitrogen and oxygen atoms in total. The first-order chi connectivity index (χ1) is 16.2. The lowest BCUT2D eigenvalue weighted by atomic mass is 10.2. The molecule has 0 spiro atoms. The molecule has 2 heterocycles. The largest absolute Gasteiger partial charge is 0.481 e. The molecule has 34 heavy (non-hydrogen) atoms. The zero-order chi connectivity index (χ0) is 24.8. The molecule has 2 aliphatic heterocycles. The summed E-state index contributed by atoms with van der Waals surface area (Å²) in [6.45, 7) is 0.297. The van der Waals surface area contributed by atoms with E-state index in [-0.39, 0.29) is 63.5 Å². The highest BCUT2D eigenvalue weighted by Gasteiger charge is 2.33. The number of ether oxygens (including phenoxy) is 1. The first-order valence-corrected chi connectivity index (χ1v) is 10.4. The minimum absolute atomic E-state index is 0.0634. The van der Waals surface area contributed by atoms with Crippen LogP contribution < -0.4 is 15.1 Å². The fourth-order valence-corrected chi connectivity index (χ4v) is 3.48. The second-order valence-electron chi connectivity index (χ2n) is 7.51. The van der Waals surface area contributed by atoms with Gasteiger partial charge in [-0.1, -0.05) is 0 Å². The quantitative estimate of drug-likeness (QED) is 0.554. The number of alkyl halides is 2. The van der Waals surface area contributed by atoms with E-state index in [1.165, 1.54) is 12.1 Å². The van der Waals surface area contributed by atoms with Crippen LogP contribution in [0.1, 0.15) is 12.8 Å². The summed E-state index contributed by atoms with van der Waals surface area (Å²) in [4.78, 5) is 53.9. The Balaban J connectivity index is 1.59. The number of amides is 3. The minimum atomic E-state index is -3.19. The van der Waals surface area contributed by atoms with Gasteiger partial charge in [-0.05, 0) is 18.2 Å². The summed E-state index contributed by atoms with van der Waals surface area (Å²) in [6, 6.07) is 4.06. The summed E-state index contributed by atoms with van der Waals surface area (Å²) < 4.78 is 44.5. The van der Waals surface area contributed by atoms with E-state index in [0.29, 0.717) is 0 Å². The normalized spacial score (nSPS) is 18.6. The summed E-state index contributed by atoms with van der Waals surface area (Å²) in [5, 5.41) is 11.7. The standard InChI is InChI=1S/C20H23F3N4O7/c21-14-9-12(26-11-13(34-20(26)32)10-24-19(31)18(22)23)1-2-15(14)25-5-6-27(33-8-7-25)16(28)3-4-17(29)30/h1-2,9,13,18H,3-8,10-11H2,(H,24,31)(H,29,30)/t13-/m0/s1.